The van der Waals surface area contributed by atoms with Gasteiger partial charge in [0, 0.05) is 30.1 Å². The van der Waals surface area contributed by atoms with Gasteiger partial charge in [-0.25, -0.2) is 9.37 Å². The molecule has 4 rings (SSSR count). The van der Waals surface area contributed by atoms with Gasteiger partial charge in [-0.1, -0.05) is 5.16 Å². The Labute approximate surface area is 172 Å². The summed E-state index contributed by atoms with van der Waals surface area (Å²) in [6.45, 7) is 2.80. The normalized spacial score (nSPS) is 11.2. The number of ether oxygens (including phenoxy) is 1. The van der Waals surface area contributed by atoms with Crippen LogP contribution in [0.1, 0.15) is 17.3 Å². The summed E-state index contributed by atoms with van der Waals surface area (Å²) >= 11 is 0. The molecule has 0 aliphatic rings. The minimum atomic E-state index is -0.435. The van der Waals surface area contributed by atoms with Gasteiger partial charge < -0.3 is 13.7 Å². The predicted molar refractivity (Wildman–Crippen MR) is 106 cm³/mol. The third kappa shape index (κ3) is 4.20. The highest BCUT2D eigenvalue weighted by Crippen LogP contribution is 2.27. The van der Waals surface area contributed by atoms with E-state index in [0.717, 1.165) is 11.3 Å². The van der Waals surface area contributed by atoms with E-state index < -0.39 is 5.82 Å². The average molecular weight is 409 g/mol. The number of pyridine rings is 1. The number of methoxy groups -OCH3 is 1. The number of rotatable bonds is 7. The molecular weight excluding hydrogens is 389 g/mol. The molecule has 3 aromatic heterocycles. The van der Waals surface area contributed by atoms with Crippen molar-refractivity contribution in [3.05, 3.63) is 65.9 Å². The summed E-state index contributed by atoms with van der Waals surface area (Å²) in [6.07, 6.45) is 3.36. The maximum Gasteiger partial charge on any atom is 0.241 e. The van der Waals surface area contributed by atoms with Gasteiger partial charge in [-0.15, -0.1) is 0 Å². The number of nitrogens with zero attached hydrogens (tertiary/aromatic N) is 5. The first-order chi connectivity index (χ1) is 14.5. The van der Waals surface area contributed by atoms with Crippen LogP contribution in [0.2, 0.25) is 0 Å². The Bertz CT molecular complexity index is 1140. The van der Waals surface area contributed by atoms with E-state index in [-0.39, 0.29) is 5.75 Å². The molecule has 0 amide bonds. The van der Waals surface area contributed by atoms with E-state index in [4.69, 9.17) is 13.7 Å². The Kier molecular flexibility index (Phi) is 5.53. The molecular formula is C21H20FN5O3. The highest BCUT2D eigenvalue weighted by atomic mass is 19.1. The Balaban J connectivity index is 1.45. The first-order valence-corrected chi connectivity index (χ1v) is 9.25. The maximum atomic E-state index is 13.7. The van der Waals surface area contributed by atoms with Crippen LogP contribution in [0.5, 0.6) is 5.75 Å². The fourth-order valence-electron chi connectivity index (χ4n) is 2.97. The predicted octanol–water partition coefficient (Wildman–Crippen LogP) is 3.87. The molecule has 0 unspecified atom stereocenters. The summed E-state index contributed by atoms with van der Waals surface area (Å²) in [5.74, 6) is 1.81. The summed E-state index contributed by atoms with van der Waals surface area (Å²) in [7, 11) is 3.34. The van der Waals surface area contributed by atoms with Crippen molar-refractivity contribution >= 4 is 0 Å². The molecule has 0 aliphatic heterocycles. The van der Waals surface area contributed by atoms with Crippen LogP contribution in [0.25, 0.3) is 22.8 Å². The molecule has 0 fully saturated rings. The molecule has 0 aliphatic carbocycles. The molecule has 0 N–H and O–H groups in total. The van der Waals surface area contributed by atoms with E-state index in [2.05, 4.69) is 20.1 Å². The van der Waals surface area contributed by atoms with Crippen molar-refractivity contribution in [1.82, 2.24) is 25.0 Å². The van der Waals surface area contributed by atoms with Crippen LogP contribution in [0.15, 0.2) is 51.7 Å². The molecule has 0 spiro atoms. The molecule has 0 radical (unpaired) electrons. The largest absolute Gasteiger partial charge is 0.494 e. The molecule has 1 aromatic carbocycles. The smallest absolute Gasteiger partial charge is 0.241 e. The van der Waals surface area contributed by atoms with Gasteiger partial charge in [0.25, 0.3) is 0 Å². The Hall–Kier alpha value is -3.59. The van der Waals surface area contributed by atoms with Gasteiger partial charge in [0.05, 0.1) is 19.3 Å². The number of halogens is 1. The zero-order valence-electron chi connectivity index (χ0n) is 16.8. The SMILES string of the molecule is COc1cc(-c2nc(CN(C)Cc3nc(-c4ccncc4)no3)c(C)o2)ccc1F. The maximum absolute atomic E-state index is 13.7. The topological polar surface area (TPSA) is 90.3 Å². The lowest BCUT2D eigenvalue weighted by Crippen LogP contribution is -2.18. The molecule has 8 nitrogen and oxygen atoms in total. The third-order valence-corrected chi connectivity index (χ3v) is 4.52. The van der Waals surface area contributed by atoms with Crippen LogP contribution >= 0.6 is 0 Å². The number of hydrogen-bond donors (Lipinski definition) is 0. The van der Waals surface area contributed by atoms with E-state index in [9.17, 15) is 4.39 Å². The minimum Gasteiger partial charge on any atom is -0.494 e. The lowest BCUT2D eigenvalue weighted by Gasteiger charge is -2.12. The zero-order chi connectivity index (χ0) is 21.1. The molecule has 0 saturated heterocycles. The van der Waals surface area contributed by atoms with Crippen molar-refractivity contribution < 1.29 is 18.1 Å². The number of hydrogen-bond acceptors (Lipinski definition) is 8. The van der Waals surface area contributed by atoms with Gasteiger partial charge in [-0.05, 0) is 44.3 Å². The van der Waals surface area contributed by atoms with Crippen LogP contribution in [-0.2, 0) is 13.1 Å². The second-order valence-corrected chi connectivity index (χ2v) is 6.79. The molecule has 0 bridgehead atoms. The van der Waals surface area contributed by atoms with Gasteiger partial charge in [-0.2, -0.15) is 4.98 Å². The molecule has 9 heteroatoms. The van der Waals surface area contributed by atoms with Crippen LogP contribution < -0.4 is 4.74 Å². The highest BCUT2D eigenvalue weighted by Gasteiger charge is 2.17. The Morgan fingerprint density at radius 3 is 2.63 bits per heavy atom. The fraction of sp³-hybridized carbons (Fsp3) is 0.238. The Morgan fingerprint density at radius 1 is 1.07 bits per heavy atom. The van der Waals surface area contributed by atoms with Crippen molar-refractivity contribution in [2.75, 3.05) is 14.2 Å². The molecule has 30 heavy (non-hydrogen) atoms. The first-order valence-electron chi connectivity index (χ1n) is 9.25. The fourth-order valence-corrected chi connectivity index (χ4v) is 2.97. The summed E-state index contributed by atoms with van der Waals surface area (Å²) in [4.78, 5) is 15.0. The monoisotopic (exact) mass is 409 g/mol. The quantitative estimate of drug-likeness (QED) is 0.454. The van der Waals surface area contributed by atoms with Crippen molar-refractivity contribution in [2.45, 2.75) is 20.0 Å². The van der Waals surface area contributed by atoms with Gasteiger partial charge in [0.2, 0.25) is 17.6 Å². The summed E-state index contributed by atoms with van der Waals surface area (Å²) in [5, 5.41) is 4.01. The van der Waals surface area contributed by atoms with Gasteiger partial charge >= 0.3 is 0 Å². The number of benzene rings is 1. The lowest BCUT2D eigenvalue weighted by atomic mass is 10.2. The second-order valence-electron chi connectivity index (χ2n) is 6.79. The number of oxazole rings is 1. The lowest BCUT2D eigenvalue weighted by molar-refractivity contribution is 0.258. The van der Waals surface area contributed by atoms with E-state index in [1.165, 1.54) is 13.2 Å². The summed E-state index contributed by atoms with van der Waals surface area (Å²) in [5.41, 5.74) is 2.25. The van der Waals surface area contributed by atoms with E-state index in [0.29, 0.717) is 42.0 Å². The molecule has 4 aromatic rings. The molecule has 154 valence electrons. The van der Waals surface area contributed by atoms with Crippen molar-refractivity contribution in [1.29, 1.82) is 0 Å². The third-order valence-electron chi connectivity index (χ3n) is 4.52. The standard InChI is InChI=1S/C21H20FN5O3/c1-13-17(24-21(29-13)15-4-5-16(22)18(10-15)28-3)11-27(2)12-19-25-20(26-30-19)14-6-8-23-9-7-14/h4-10H,11-12H2,1-3H3. The number of aryl methyl sites for hydroxylation is 1. The number of aromatic nitrogens is 4. The van der Waals surface area contributed by atoms with Crippen LogP contribution in [0.3, 0.4) is 0 Å². The van der Waals surface area contributed by atoms with Gasteiger partial charge in [0.15, 0.2) is 11.6 Å². The summed E-state index contributed by atoms with van der Waals surface area (Å²) < 4.78 is 29.8. The molecule has 0 saturated carbocycles. The zero-order valence-corrected chi connectivity index (χ0v) is 16.8. The van der Waals surface area contributed by atoms with Crippen molar-refractivity contribution in [3.63, 3.8) is 0 Å². The minimum absolute atomic E-state index is 0.142. The van der Waals surface area contributed by atoms with Crippen LogP contribution in [0.4, 0.5) is 4.39 Å². The van der Waals surface area contributed by atoms with Gasteiger partial charge in [0.1, 0.15) is 5.76 Å². The molecule has 3 heterocycles. The first kappa shape index (κ1) is 19.7. The van der Waals surface area contributed by atoms with E-state index in [1.54, 1.807) is 24.5 Å². The average Bonchev–Trinajstić information content (AvgIpc) is 3.36. The van der Waals surface area contributed by atoms with E-state index >= 15 is 0 Å². The van der Waals surface area contributed by atoms with Crippen LogP contribution in [0, 0.1) is 12.7 Å². The van der Waals surface area contributed by atoms with Crippen molar-refractivity contribution in [3.8, 4) is 28.6 Å². The summed E-state index contributed by atoms with van der Waals surface area (Å²) in [6, 6.07) is 8.14. The van der Waals surface area contributed by atoms with Crippen LogP contribution in [-0.4, -0.2) is 39.2 Å². The highest BCUT2D eigenvalue weighted by molar-refractivity contribution is 5.57. The second kappa shape index (κ2) is 8.42. The molecule has 0 atom stereocenters. The van der Waals surface area contributed by atoms with Gasteiger partial charge in [-0.3, -0.25) is 9.88 Å². The van der Waals surface area contributed by atoms with E-state index in [1.807, 2.05) is 31.0 Å². The Morgan fingerprint density at radius 2 is 1.87 bits per heavy atom. The van der Waals surface area contributed by atoms with Crippen molar-refractivity contribution in [2.24, 2.45) is 0 Å².